The SMILES string of the molecule is C=CCNC(=O)c1ccc(NC(=O)CC2CCCN2)cc1.Cl. The fraction of sp³-hybridized carbons (Fsp3) is 0.375. The van der Waals surface area contributed by atoms with Crippen molar-refractivity contribution in [2.24, 2.45) is 0 Å². The van der Waals surface area contributed by atoms with Crippen LogP contribution >= 0.6 is 12.4 Å². The van der Waals surface area contributed by atoms with Crippen molar-refractivity contribution in [3.05, 3.63) is 42.5 Å². The molecule has 0 spiro atoms. The lowest BCUT2D eigenvalue weighted by molar-refractivity contribution is -0.116. The average molecular weight is 324 g/mol. The number of carbonyl (C=O) groups is 2. The summed E-state index contributed by atoms with van der Waals surface area (Å²) in [5.74, 6) is -0.152. The van der Waals surface area contributed by atoms with Crippen LogP contribution < -0.4 is 16.0 Å². The van der Waals surface area contributed by atoms with Crippen LogP contribution in [0.3, 0.4) is 0 Å². The van der Waals surface area contributed by atoms with Crippen LogP contribution in [0.2, 0.25) is 0 Å². The molecule has 2 amide bonds. The first-order chi connectivity index (χ1) is 10.2. The normalized spacial score (nSPS) is 16.5. The molecule has 1 fully saturated rings. The van der Waals surface area contributed by atoms with E-state index >= 15 is 0 Å². The van der Waals surface area contributed by atoms with Crippen LogP contribution in [0.25, 0.3) is 0 Å². The van der Waals surface area contributed by atoms with Crippen LogP contribution in [0.5, 0.6) is 0 Å². The van der Waals surface area contributed by atoms with Gasteiger partial charge in [-0.15, -0.1) is 19.0 Å². The molecule has 6 heteroatoms. The summed E-state index contributed by atoms with van der Waals surface area (Å²) in [6.07, 6.45) is 4.30. The molecule has 5 nitrogen and oxygen atoms in total. The summed E-state index contributed by atoms with van der Waals surface area (Å²) >= 11 is 0. The van der Waals surface area contributed by atoms with Gasteiger partial charge in [-0.25, -0.2) is 0 Å². The molecule has 1 heterocycles. The quantitative estimate of drug-likeness (QED) is 0.702. The molecule has 2 rings (SSSR count). The Hall–Kier alpha value is -1.85. The molecule has 0 radical (unpaired) electrons. The maximum atomic E-state index is 11.9. The third-order valence-electron chi connectivity index (χ3n) is 3.43. The van der Waals surface area contributed by atoms with Gasteiger partial charge in [0.05, 0.1) is 0 Å². The second-order valence-electron chi connectivity index (χ2n) is 5.12. The minimum atomic E-state index is -0.150. The molecule has 0 bridgehead atoms. The number of benzene rings is 1. The van der Waals surface area contributed by atoms with E-state index in [0.29, 0.717) is 24.2 Å². The molecule has 0 saturated carbocycles. The van der Waals surface area contributed by atoms with Crippen molar-refractivity contribution in [3.8, 4) is 0 Å². The highest BCUT2D eigenvalue weighted by molar-refractivity contribution is 5.95. The van der Waals surface area contributed by atoms with Crippen LogP contribution in [0.15, 0.2) is 36.9 Å². The Morgan fingerprint density at radius 2 is 2.05 bits per heavy atom. The fourth-order valence-electron chi connectivity index (χ4n) is 2.34. The van der Waals surface area contributed by atoms with Crippen molar-refractivity contribution < 1.29 is 9.59 Å². The van der Waals surface area contributed by atoms with Crippen molar-refractivity contribution in [3.63, 3.8) is 0 Å². The predicted molar refractivity (Wildman–Crippen MR) is 90.5 cm³/mol. The van der Waals surface area contributed by atoms with E-state index in [9.17, 15) is 9.59 Å². The van der Waals surface area contributed by atoms with Gasteiger partial charge in [0.25, 0.3) is 5.91 Å². The number of hydrogen-bond acceptors (Lipinski definition) is 3. The van der Waals surface area contributed by atoms with Crippen LogP contribution in [0.1, 0.15) is 29.6 Å². The zero-order valence-electron chi connectivity index (χ0n) is 12.4. The van der Waals surface area contributed by atoms with Crippen molar-refractivity contribution in [2.45, 2.75) is 25.3 Å². The molecule has 22 heavy (non-hydrogen) atoms. The lowest BCUT2D eigenvalue weighted by atomic mass is 10.1. The van der Waals surface area contributed by atoms with E-state index < -0.39 is 0 Å². The van der Waals surface area contributed by atoms with E-state index in [0.717, 1.165) is 19.4 Å². The van der Waals surface area contributed by atoms with Gasteiger partial charge in [-0.05, 0) is 43.7 Å². The Kier molecular flexibility index (Phi) is 7.63. The van der Waals surface area contributed by atoms with Gasteiger partial charge < -0.3 is 16.0 Å². The Morgan fingerprint density at radius 3 is 2.64 bits per heavy atom. The lowest BCUT2D eigenvalue weighted by Crippen LogP contribution is -2.27. The Labute approximate surface area is 137 Å². The summed E-state index contributed by atoms with van der Waals surface area (Å²) in [4.78, 5) is 23.6. The molecule has 1 aromatic rings. The van der Waals surface area contributed by atoms with E-state index in [1.807, 2.05) is 0 Å². The molecule has 1 aliphatic rings. The van der Waals surface area contributed by atoms with Crippen molar-refractivity contribution in [2.75, 3.05) is 18.4 Å². The summed E-state index contributed by atoms with van der Waals surface area (Å²) in [7, 11) is 0. The Morgan fingerprint density at radius 1 is 1.32 bits per heavy atom. The van der Waals surface area contributed by atoms with Crippen LogP contribution in [0.4, 0.5) is 5.69 Å². The molecule has 0 aliphatic carbocycles. The largest absolute Gasteiger partial charge is 0.349 e. The number of nitrogens with one attached hydrogen (secondary N) is 3. The summed E-state index contributed by atoms with van der Waals surface area (Å²) in [5.41, 5.74) is 1.27. The van der Waals surface area contributed by atoms with Gasteiger partial charge in [-0.1, -0.05) is 6.08 Å². The molecule has 120 valence electrons. The van der Waals surface area contributed by atoms with Crippen LogP contribution in [0, 0.1) is 0 Å². The molecule has 1 aliphatic heterocycles. The van der Waals surface area contributed by atoms with E-state index in [4.69, 9.17) is 0 Å². The average Bonchev–Trinajstić information content (AvgIpc) is 2.98. The molecular formula is C16H22ClN3O2. The van der Waals surface area contributed by atoms with Crippen LogP contribution in [-0.4, -0.2) is 30.9 Å². The predicted octanol–water partition coefficient (Wildman–Crippen LogP) is 2.10. The third-order valence-corrected chi connectivity index (χ3v) is 3.43. The summed E-state index contributed by atoms with van der Waals surface area (Å²) in [6, 6.07) is 7.16. The fourth-order valence-corrected chi connectivity index (χ4v) is 2.34. The van der Waals surface area contributed by atoms with Crippen molar-refractivity contribution in [1.82, 2.24) is 10.6 Å². The second kappa shape index (κ2) is 9.23. The van der Waals surface area contributed by atoms with Gasteiger partial charge >= 0.3 is 0 Å². The van der Waals surface area contributed by atoms with E-state index in [2.05, 4.69) is 22.5 Å². The van der Waals surface area contributed by atoms with Crippen molar-refractivity contribution >= 4 is 29.9 Å². The Balaban J connectivity index is 0.00000242. The summed E-state index contributed by atoms with van der Waals surface area (Å²) in [6.45, 7) is 4.98. The van der Waals surface area contributed by atoms with Gasteiger partial charge in [-0.2, -0.15) is 0 Å². The van der Waals surface area contributed by atoms with Gasteiger partial charge in [0, 0.05) is 30.3 Å². The number of amides is 2. The molecule has 1 aromatic carbocycles. The standard InChI is InChI=1S/C16H21N3O2.ClH/c1-2-9-18-16(21)12-5-7-13(8-6-12)19-15(20)11-14-4-3-10-17-14;/h2,5-8,14,17H,1,3-4,9-11H2,(H,18,21)(H,19,20);1H. The van der Waals surface area contributed by atoms with Gasteiger partial charge in [0.2, 0.25) is 5.91 Å². The first-order valence-electron chi connectivity index (χ1n) is 7.21. The zero-order valence-corrected chi connectivity index (χ0v) is 13.2. The Bertz CT molecular complexity index is 511. The molecule has 1 atom stereocenters. The maximum absolute atomic E-state index is 11.9. The molecule has 1 saturated heterocycles. The number of hydrogen-bond donors (Lipinski definition) is 3. The smallest absolute Gasteiger partial charge is 0.251 e. The minimum Gasteiger partial charge on any atom is -0.349 e. The lowest BCUT2D eigenvalue weighted by Gasteiger charge is -2.10. The second-order valence-corrected chi connectivity index (χ2v) is 5.12. The number of anilines is 1. The van der Waals surface area contributed by atoms with E-state index in [1.54, 1.807) is 30.3 Å². The maximum Gasteiger partial charge on any atom is 0.251 e. The highest BCUT2D eigenvalue weighted by Crippen LogP contribution is 2.13. The van der Waals surface area contributed by atoms with Gasteiger partial charge in [-0.3, -0.25) is 9.59 Å². The minimum absolute atomic E-state index is 0. The molecule has 0 aromatic heterocycles. The van der Waals surface area contributed by atoms with Crippen LogP contribution in [-0.2, 0) is 4.79 Å². The monoisotopic (exact) mass is 323 g/mol. The third kappa shape index (κ3) is 5.50. The van der Waals surface area contributed by atoms with E-state index in [-0.39, 0.29) is 30.3 Å². The zero-order chi connectivity index (χ0) is 15.1. The highest BCUT2D eigenvalue weighted by Gasteiger charge is 2.17. The van der Waals surface area contributed by atoms with Gasteiger partial charge in [0.15, 0.2) is 0 Å². The van der Waals surface area contributed by atoms with Gasteiger partial charge in [0.1, 0.15) is 0 Å². The first-order valence-corrected chi connectivity index (χ1v) is 7.21. The van der Waals surface area contributed by atoms with E-state index in [1.165, 1.54) is 0 Å². The summed E-state index contributed by atoms with van der Waals surface area (Å²) < 4.78 is 0. The summed E-state index contributed by atoms with van der Waals surface area (Å²) in [5, 5.41) is 8.85. The molecular weight excluding hydrogens is 302 g/mol. The molecule has 1 unspecified atom stereocenters. The molecule has 3 N–H and O–H groups in total. The highest BCUT2D eigenvalue weighted by atomic mass is 35.5. The number of halogens is 1. The topological polar surface area (TPSA) is 70.2 Å². The number of rotatable bonds is 6. The number of carbonyl (C=O) groups excluding carboxylic acids is 2. The van der Waals surface area contributed by atoms with Crippen molar-refractivity contribution in [1.29, 1.82) is 0 Å². The first kappa shape index (κ1) is 18.2.